The molecule has 1 aromatic heterocycles. The number of amidine groups is 1. The minimum atomic E-state index is -0.0997. The Kier molecular flexibility index (Phi) is 2.27. The zero-order valence-corrected chi connectivity index (χ0v) is 7.90. The highest BCUT2D eigenvalue weighted by Gasteiger charge is 2.19. The Labute approximate surface area is 76.2 Å². The van der Waals surface area contributed by atoms with Gasteiger partial charge in [0.15, 0.2) is 0 Å². The van der Waals surface area contributed by atoms with Crippen LogP contribution in [0.15, 0.2) is 15.7 Å². The van der Waals surface area contributed by atoms with Crippen molar-refractivity contribution in [3.63, 3.8) is 0 Å². The van der Waals surface area contributed by atoms with Crippen molar-refractivity contribution in [1.82, 2.24) is 5.16 Å². The van der Waals surface area contributed by atoms with E-state index >= 15 is 0 Å². The van der Waals surface area contributed by atoms with E-state index in [0.717, 1.165) is 5.69 Å². The Balaban J connectivity index is 3.00. The molecule has 0 amide bonds. The number of oxime groups is 1. The lowest BCUT2D eigenvalue weighted by Crippen LogP contribution is -2.13. The summed E-state index contributed by atoms with van der Waals surface area (Å²) in [6, 6.07) is 1.66. The summed E-state index contributed by atoms with van der Waals surface area (Å²) in [6.07, 6.45) is 0. The molecule has 0 unspecified atom stereocenters. The van der Waals surface area contributed by atoms with Crippen LogP contribution in [-0.4, -0.2) is 16.2 Å². The largest absolute Gasteiger partial charge is 0.409 e. The van der Waals surface area contributed by atoms with Gasteiger partial charge in [-0.2, -0.15) is 0 Å². The third-order valence-electron chi connectivity index (χ3n) is 1.64. The van der Waals surface area contributed by atoms with E-state index in [4.69, 9.17) is 15.5 Å². The van der Waals surface area contributed by atoms with E-state index < -0.39 is 0 Å². The molecule has 0 saturated heterocycles. The third-order valence-corrected chi connectivity index (χ3v) is 1.64. The third kappa shape index (κ3) is 1.99. The van der Waals surface area contributed by atoms with Crippen molar-refractivity contribution in [1.29, 1.82) is 0 Å². The second kappa shape index (κ2) is 3.08. The first-order chi connectivity index (χ1) is 5.95. The van der Waals surface area contributed by atoms with Gasteiger partial charge in [0.2, 0.25) is 11.6 Å². The Bertz CT molecular complexity index is 322. The molecular weight excluding hydrogens is 170 g/mol. The monoisotopic (exact) mass is 183 g/mol. The molecule has 5 heteroatoms. The van der Waals surface area contributed by atoms with Gasteiger partial charge in [-0.1, -0.05) is 31.1 Å². The Morgan fingerprint density at radius 3 is 2.62 bits per heavy atom. The summed E-state index contributed by atoms with van der Waals surface area (Å²) in [4.78, 5) is 0. The van der Waals surface area contributed by atoms with Crippen LogP contribution in [0.4, 0.5) is 0 Å². The Hall–Kier alpha value is -1.52. The topological polar surface area (TPSA) is 84.6 Å². The van der Waals surface area contributed by atoms with Gasteiger partial charge < -0.3 is 15.5 Å². The van der Waals surface area contributed by atoms with Crippen LogP contribution in [0.5, 0.6) is 0 Å². The standard InChI is InChI=1S/C8H13N3O2/c1-8(2,3)6-4-5(13-11-6)7(9)10-12/h4,12H,1-3H3,(H2,9,10). The van der Waals surface area contributed by atoms with Crippen molar-refractivity contribution in [3.8, 4) is 0 Å². The van der Waals surface area contributed by atoms with Crippen LogP contribution in [0.1, 0.15) is 32.2 Å². The SMILES string of the molecule is CC(C)(C)c1cc(C(N)=NO)on1. The molecule has 0 saturated carbocycles. The summed E-state index contributed by atoms with van der Waals surface area (Å²) in [6.45, 7) is 6.00. The first-order valence-corrected chi connectivity index (χ1v) is 3.90. The molecule has 0 aliphatic heterocycles. The molecule has 0 aliphatic carbocycles. The fourth-order valence-corrected chi connectivity index (χ4v) is 0.799. The van der Waals surface area contributed by atoms with Gasteiger partial charge >= 0.3 is 0 Å². The number of aromatic nitrogens is 1. The molecule has 5 nitrogen and oxygen atoms in total. The lowest BCUT2D eigenvalue weighted by Gasteiger charge is -2.12. The maximum atomic E-state index is 8.38. The summed E-state index contributed by atoms with van der Waals surface area (Å²) >= 11 is 0. The highest BCUT2D eigenvalue weighted by molar-refractivity contribution is 5.94. The van der Waals surface area contributed by atoms with Gasteiger partial charge in [0.05, 0.1) is 5.69 Å². The van der Waals surface area contributed by atoms with Crippen molar-refractivity contribution in [2.24, 2.45) is 10.9 Å². The summed E-state index contributed by atoms with van der Waals surface area (Å²) in [5.41, 5.74) is 5.99. The molecule has 0 aliphatic rings. The molecule has 0 atom stereocenters. The number of nitrogens with zero attached hydrogens (tertiary/aromatic N) is 2. The van der Waals surface area contributed by atoms with Crippen LogP contribution in [0.2, 0.25) is 0 Å². The molecule has 3 N–H and O–H groups in total. The van der Waals surface area contributed by atoms with E-state index in [2.05, 4.69) is 10.3 Å². The predicted octanol–water partition coefficient (Wildman–Crippen LogP) is 1.07. The number of hydrogen-bond acceptors (Lipinski definition) is 4. The van der Waals surface area contributed by atoms with Crippen LogP contribution in [-0.2, 0) is 5.41 Å². The van der Waals surface area contributed by atoms with Crippen LogP contribution >= 0.6 is 0 Å². The van der Waals surface area contributed by atoms with Gasteiger partial charge in [-0.05, 0) is 0 Å². The fraction of sp³-hybridized carbons (Fsp3) is 0.500. The normalized spacial score (nSPS) is 13.3. The van der Waals surface area contributed by atoms with Gasteiger partial charge in [-0.3, -0.25) is 0 Å². The lowest BCUT2D eigenvalue weighted by atomic mass is 9.92. The molecule has 0 bridgehead atoms. The quantitative estimate of drug-likeness (QED) is 0.295. The zero-order valence-electron chi connectivity index (χ0n) is 7.90. The van der Waals surface area contributed by atoms with E-state index in [1.165, 1.54) is 0 Å². The average molecular weight is 183 g/mol. The highest BCUT2D eigenvalue weighted by Crippen LogP contribution is 2.21. The maximum absolute atomic E-state index is 8.38. The first kappa shape index (κ1) is 9.57. The van der Waals surface area contributed by atoms with E-state index in [0.29, 0.717) is 0 Å². The number of hydrogen-bond donors (Lipinski definition) is 2. The summed E-state index contributed by atoms with van der Waals surface area (Å²) < 4.78 is 4.88. The molecule has 0 radical (unpaired) electrons. The second-order valence-corrected chi connectivity index (χ2v) is 3.81. The van der Waals surface area contributed by atoms with E-state index in [1.54, 1.807) is 6.07 Å². The van der Waals surface area contributed by atoms with Gasteiger partial charge in [-0.25, -0.2) is 0 Å². The molecule has 0 aromatic carbocycles. The fourth-order valence-electron chi connectivity index (χ4n) is 0.799. The Morgan fingerprint density at radius 1 is 1.62 bits per heavy atom. The van der Waals surface area contributed by atoms with Gasteiger partial charge in [0, 0.05) is 11.5 Å². The van der Waals surface area contributed by atoms with E-state index in [-0.39, 0.29) is 17.0 Å². The molecule has 1 rings (SSSR count). The van der Waals surface area contributed by atoms with E-state index in [1.807, 2.05) is 20.8 Å². The molecule has 1 heterocycles. The van der Waals surface area contributed by atoms with Gasteiger partial charge in [0.25, 0.3) is 0 Å². The second-order valence-electron chi connectivity index (χ2n) is 3.81. The molecule has 0 fully saturated rings. The molecule has 1 aromatic rings. The number of nitrogens with two attached hydrogens (primary N) is 1. The van der Waals surface area contributed by atoms with Gasteiger partial charge in [0.1, 0.15) is 0 Å². The van der Waals surface area contributed by atoms with Crippen LogP contribution in [0, 0.1) is 0 Å². The highest BCUT2D eigenvalue weighted by atomic mass is 16.5. The van der Waals surface area contributed by atoms with Crippen molar-refractivity contribution in [2.45, 2.75) is 26.2 Å². The molecule has 72 valence electrons. The molecule has 0 spiro atoms. The Morgan fingerprint density at radius 2 is 2.23 bits per heavy atom. The van der Waals surface area contributed by atoms with Crippen molar-refractivity contribution in [3.05, 3.63) is 17.5 Å². The van der Waals surface area contributed by atoms with Gasteiger partial charge in [-0.15, -0.1) is 0 Å². The van der Waals surface area contributed by atoms with Crippen LogP contribution < -0.4 is 5.73 Å². The van der Waals surface area contributed by atoms with E-state index in [9.17, 15) is 0 Å². The smallest absolute Gasteiger partial charge is 0.208 e. The zero-order chi connectivity index (χ0) is 10.1. The minimum Gasteiger partial charge on any atom is -0.409 e. The lowest BCUT2D eigenvalue weighted by molar-refractivity contribution is 0.315. The summed E-state index contributed by atoms with van der Waals surface area (Å²) in [5.74, 6) is 0.218. The molecule has 13 heavy (non-hydrogen) atoms. The predicted molar refractivity (Wildman–Crippen MR) is 47.7 cm³/mol. The first-order valence-electron chi connectivity index (χ1n) is 3.90. The minimum absolute atomic E-state index is 0.0667. The van der Waals surface area contributed by atoms with Crippen molar-refractivity contribution >= 4 is 5.84 Å². The van der Waals surface area contributed by atoms with Crippen LogP contribution in [0.3, 0.4) is 0 Å². The molecular formula is C8H13N3O2. The van der Waals surface area contributed by atoms with Crippen LogP contribution in [0.25, 0.3) is 0 Å². The van der Waals surface area contributed by atoms with Crippen molar-refractivity contribution in [2.75, 3.05) is 0 Å². The maximum Gasteiger partial charge on any atom is 0.208 e. The number of rotatable bonds is 1. The summed E-state index contributed by atoms with van der Waals surface area (Å²) in [7, 11) is 0. The average Bonchev–Trinajstić information content (AvgIpc) is 2.50. The summed E-state index contributed by atoms with van der Waals surface area (Å²) in [5, 5.41) is 15.0. The van der Waals surface area contributed by atoms with Crippen molar-refractivity contribution < 1.29 is 9.73 Å².